The lowest BCUT2D eigenvalue weighted by Crippen LogP contribution is -2.48. The molecule has 0 aromatic carbocycles. The molecule has 3 unspecified atom stereocenters. The average molecular weight is 252 g/mol. The Bertz CT molecular complexity index is 293. The van der Waals surface area contributed by atoms with Crippen LogP contribution in [-0.4, -0.2) is 24.5 Å². The smallest absolute Gasteiger partial charge is 0.224 e. The van der Waals surface area contributed by atoms with Gasteiger partial charge in [-0.15, -0.1) is 0 Å². The highest BCUT2D eigenvalue weighted by Crippen LogP contribution is 2.35. The minimum absolute atomic E-state index is 0.186. The Morgan fingerprint density at radius 2 is 2.06 bits per heavy atom. The van der Waals surface area contributed by atoms with Crippen LogP contribution in [0.2, 0.25) is 0 Å². The Kier molecular flexibility index (Phi) is 4.31. The molecule has 1 saturated carbocycles. The van der Waals surface area contributed by atoms with Crippen molar-refractivity contribution in [3.63, 3.8) is 0 Å². The average Bonchev–Trinajstić information content (AvgIpc) is 2.28. The number of rotatable bonds is 2. The van der Waals surface area contributed by atoms with Gasteiger partial charge in [0, 0.05) is 18.6 Å². The molecule has 0 bridgehead atoms. The molecular weight excluding hydrogens is 224 g/mol. The quantitative estimate of drug-likeness (QED) is 0.792. The number of amides is 1. The van der Waals surface area contributed by atoms with Gasteiger partial charge in [-0.25, -0.2) is 0 Å². The number of nitrogens with one attached hydrogen (secondary N) is 2. The minimum Gasteiger partial charge on any atom is -0.353 e. The predicted molar refractivity (Wildman–Crippen MR) is 74.4 cm³/mol. The van der Waals surface area contributed by atoms with Crippen LogP contribution in [0.25, 0.3) is 0 Å². The fraction of sp³-hybridized carbons (Fsp3) is 0.933. The summed E-state index contributed by atoms with van der Waals surface area (Å²) >= 11 is 0. The second kappa shape index (κ2) is 5.60. The Morgan fingerprint density at radius 1 is 1.28 bits per heavy atom. The molecule has 1 heterocycles. The first-order valence-corrected chi connectivity index (χ1v) is 7.50. The maximum Gasteiger partial charge on any atom is 0.224 e. The van der Waals surface area contributed by atoms with E-state index in [-0.39, 0.29) is 11.8 Å². The molecule has 3 nitrogen and oxygen atoms in total. The molecule has 0 spiro atoms. The van der Waals surface area contributed by atoms with Crippen LogP contribution in [0.5, 0.6) is 0 Å². The summed E-state index contributed by atoms with van der Waals surface area (Å²) in [5.41, 5.74) is 0.398. The molecule has 1 aliphatic carbocycles. The molecule has 3 heteroatoms. The van der Waals surface area contributed by atoms with Gasteiger partial charge in [-0.1, -0.05) is 20.3 Å². The number of hydrogen-bond acceptors (Lipinski definition) is 2. The van der Waals surface area contributed by atoms with Crippen molar-refractivity contribution >= 4 is 5.91 Å². The van der Waals surface area contributed by atoms with Crippen LogP contribution in [0, 0.1) is 11.3 Å². The first-order valence-electron chi connectivity index (χ1n) is 7.50. The molecule has 1 amide bonds. The van der Waals surface area contributed by atoms with Gasteiger partial charge >= 0.3 is 0 Å². The maximum absolute atomic E-state index is 12.2. The van der Waals surface area contributed by atoms with E-state index in [4.69, 9.17) is 0 Å². The molecule has 104 valence electrons. The van der Waals surface area contributed by atoms with Crippen LogP contribution < -0.4 is 10.6 Å². The SMILES string of the molecule is CC1CCC(C(=O)NC2CCCC(C)(C)C2)CN1. The number of hydrogen-bond donors (Lipinski definition) is 2. The van der Waals surface area contributed by atoms with Gasteiger partial charge in [0.15, 0.2) is 0 Å². The molecule has 2 rings (SSSR count). The lowest BCUT2D eigenvalue weighted by molar-refractivity contribution is -0.126. The van der Waals surface area contributed by atoms with Crippen LogP contribution in [0.1, 0.15) is 59.3 Å². The summed E-state index contributed by atoms with van der Waals surface area (Å²) in [7, 11) is 0. The van der Waals surface area contributed by atoms with Crippen molar-refractivity contribution in [3.8, 4) is 0 Å². The van der Waals surface area contributed by atoms with Crippen molar-refractivity contribution in [2.24, 2.45) is 11.3 Å². The van der Waals surface area contributed by atoms with Crippen molar-refractivity contribution in [2.75, 3.05) is 6.54 Å². The van der Waals surface area contributed by atoms with Gasteiger partial charge in [-0.2, -0.15) is 0 Å². The molecule has 2 N–H and O–H groups in total. The second-order valence-electron chi connectivity index (χ2n) is 7.05. The van der Waals surface area contributed by atoms with E-state index in [9.17, 15) is 4.79 Å². The summed E-state index contributed by atoms with van der Waals surface area (Å²) in [6.07, 6.45) is 6.99. The standard InChI is InChI=1S/C15H28N2O/c1-11-6-7-12(10-16-11)14(18)17-13-5-4-8-15(2,3)9-13/h11-13,16H,4-10H2,1-3H3,(H,17,18). The monoisotopic (exact) mass is 252 g/mol. The fourth-order valence-corrected chi connectivity index (χ4v) is 3.36. The summed E-state index contributed by atoms with van der Waals surface area (Å²) in [6, 6.07) is 0.975. The van der Waals surface area contributed by atoms with Crippen molar-refractivity contribution < 1.29 is 4.79 Å². The van der Waals surface area contributed by atoms with Gasteiger partial charge in [0.05, 0.1) is 5.92 Å². The normalized spacial score (nSPS) is 36.1. The summed E-state index contributed by atoms with van der Waals surface area (Å²) in [6.45, 7) is 7.67. The van der Waals surface area contributed by atoms with Crippen LogP contribution in [0.3, 0.4) is 0 Å². The lowest BCUT2D eigenvalue weighted by Gasteiger charge is -2.36. The molecule has 3 atom stereocenters. The fourth-order valence-electron chi connectivity index (χ4n) is 3.36. The van der Waals surface area contributed by atoms with Crippen LogP contribution >= 0.6 is 0 Å². The summed E-state index contributed by atoms with van der Waals surface area (Å²) in [4.78, 5) is 12.2. The Balaban J connectivity index is 1.80. The van der Waals surface area contributed by atoms with Gasteiger partial charge in [-0.3, -0.25) is 4.79 Å². The van der Waals surface area contributed by atoms with E-state index in [1.807, 2.05) is 0 Å². The molecule has 0 aromatic heterocycles. The van der Waals surface area contributed by atoms with E-state index in [0.717, 1.165) is 32.2 Å². The first-order chi connectivity index (χ1) is 8.46. The van der Waals surface area contributed by atoms with Crippen LogP contribution in [-0.2, 0) is 4.79 Å². The number of piperidine rings is 1. The summed E-state index contributed by atoms with van der Waals surface area (Å²) in [5.74, 6) is 0.461. The zero-order valence-corrected chi connectivity index (χ0v) is 12.1. The zero-order chi connectivity index (χ0) is 13.2. The van der Waals surface area contributed by atoms with Gasteiger partial charge in [0.2, 0.25) is 5.91 Å². The number of carbonyl (C=O) groups is 1. The van der Waals surface area contributed by atoms with E-state index in [0.29, 0.717) is 17.5 Å². The molecule has 2 fully saturated rings. The van der Waals surface area contributed by atoms with E-state index in [2.05, 4.69) is 31.4 Å². The van der Waals surface area contributed by atoms with E-state index in [1.165, 1.54) is 12.8 Å². The summed E-state index contributed by atoms with van der Waals surface area (Å²) in [5, 5.41) is 6.69. The Labute approximate surface area is 111 Å². The minimum atomic E-state index is 0.186. The van der Waals surface area contributed by atoms with Crippen molar-refractivity contribution in [2.45, 2.75) is 71.4 Å². The topological polar surface area (TPSA) is 41.1 Å². The molecule has 0 radical (unpaired) electrons. The zero-order valence-electron chi connectivity index (χ0n) is 12.1. The van der Waals surface area contributed by atoms with Crippen molar-refractivity contribution in [3.05, 3.63) is 0 Å². The Morgan fingerprint density at radius 3 is 2.67 bits per heavy atom. The molecular formula is C15H28N2O. The number of carbonyl (C=O) groups excluding carboxylic acids is 1. The third kappa shape index (κ3) is 3.71. The van der Waals surface area contributed by atoms with Crippen LogP contribution in [0.4, 0.5) is 0 Å². The maximum atomic E-state index is 12.2. The Hall–Kier alpha value is -0.570. The van der Waals surface area contributed by atoms with Crippen molar-refractivity contribution in [1.82, 2.24) is 10.6 Å². The molecule has 18 heavy (non-hydrogen) atoms. The predicted octanol–water partition coefficient (Wildman–Crippen LogP) is 2.46. The highest BCUT2D eigenvalue weighted by Gasteiger charge is 2.31. The lowest BCUT2D eigenvalue weighted by atomic mass is 9.75. The third-order valence-corrected chi connectivity index (χ3v) is 4.58. The van der Waals surface area contributed by atoms with E-state index < -0.39 is 0 Å². The highest BCUT2D eigenvalue weighted by atomic mass is 16.2. The van der Waals surface area contributed by atoms with Gasteiger partial charge in [0.25, 0.3) is 0 Å². The molecule has 1 aliphatic heterocycles. The molecule has 1 saturated heterocycles. The van der Waals surface area contributed by atoms with E-state index >= 15 is 0 Å². The third-order valence-electron chi connectivity index (χ3n) is 4.58. The van der Waals surface area contributed by atoms with Crippen LogP contribution in [0.15, 0.2) is 0 Å². The second-order valence-corrected chi connectivity index (χ2v) is 7.05. The van der Waals surface area contributed by atoms with Gasteiger partial charge < -0.3 is 10.6 Å². The summed E-state index contributed by atoms with van der Waals surface area (Å²) < 4.78 is 0. The largest absolute Gasteiger partial charge is 0.353 e. The van der Waals surface area contributed by atoms with Crippen molar-refractivity contribution in [1.29, 1.82) is 0 Å². The molecule has 2 aliphatic rings. The first kappa shape index (κ1) is 13.9. The van der Waals surface area contributed by atoms with Gasteiger partial charge in [-0.05, 0) is 44.4 Å². The highest BCUT2D eigenvalue weighted by molar-refractivity contribution is 5.79. The van der Waals surface area contributed by atoms with Gasteiger partial charge in [0.1, 0.15) is 0 Å². The molecule has 0 aromatic rings. The van der Waals surface area contributed by atoms with E-state index in [1.54, 1.807) is 0 Å².